The van der Waals surface area contributed by atoms with Gasteiger partial charge in [-0.05, 0) is 54.8 Å². The molecule has 0 unspecified atom stereocenters. The minimum absolute atomic E-state index is 0.102. The largest absolute Gasteiger partial charge is 0.491 e. The minimum atomic E-state index is -0.571. The van der Waals surface area contributed by atoms with Crippen LogP contribution in [0.25, 0.3) is 39.8 Å². The number of nitrogens with one attached hydrogen (secondary N) is 1. The Kier molecular flexibility index (Phi) is 7.22. The molecule has 1 aliphatic rings. The van der Waals surface area contributed by atoms with Crippen LogP contribution in [0, 0.1) is 5.82 Å². The molecule has 7 rings (SSSR count). The highest BCUT2D eigenvalue weighted by atomic mass is 19.1. The summed E-state index contributed by atoms with van der Waals surface area (Å²) in [6.07, 6.45) is 6.00. The molecule has 1 aliphatic heterocycles. The topological polar surface area (TPSA) is 154 Å². The first-order chi connectivity index (χ1) is 21.9. The number of nitrogen functional groups attached to an aromatic ring is 1. The number of nitrogens with two attached hydrogens (primary N) is 1. The maximum Gasteiger partial charge on any atom is 0.271 e. The Labute approximate surface area is 256 Å². The number of fused-ring (bicyclic) bond motifs is 1. The number of pyridine rings is 2. The molecular formula is C32H28FN9O3. The van der Waals surface area contributed by atoms with Gasteiger partial charge in [-0.2, -0.15) is 0 Å². The second-order valence-corrected chi connectivity index (χ2v) is 10.9. The van der Waals surface area contributed by atoms with Crippen LogP contribution in [0.4, 0.5) is 15.9 Å². The van der Waals surface area contributed by atoms with Crippen LogP contribution in [0.1, 0.15) is 18.4 Å². The molecule has 45 heavy (non-hydrogen) atoms. The molecule has 0 radical (unpaired) electrons. The number of nitrogens with zero attached hydrogens (tertiary/aromatic N) is 7. The van der Waals surface area contributed by atoms with Crippen molar-refractivity contribution in [1.29, 1.82) is 0 Å². The molecule has 226 valence electrons. The van der Waals surface area contributed by atoms with E-state index in [1.54, 1.807) is 24.5 Å². The second-order valence-electron chi connectivity index (χ2n) is 10.9. The fourth-order valence-corrected chi connectivity index (χ4v) is 5.68. The summed E-state index contributed by atoms with van der Waals surface area (Å²) in [5, 5.41) is 3.20. The number of aromatic nitrogens is 6. The number of hydrogen-bond donors (Lipinski definition) is 2. The third-order valence-electron chi connectivity index (χ3n) is 8.05. The number of ether oxygens (including phenoxy) is 1. The normalized spacial score (nSPS) is 14.3. The molecule has 12 nitrogen and oxygen atoms in total. The number of rotatable bonds is 8. The fourth-order valence-electron chi connectivity index (χ4n) is 5.68. The Morgan fingerprint density at radius 2 is 1.76 bits per heavy atom. The average Bonchev–Trinajstić information content (AvgIpc) is 3.44. The highest BCUT2D eigenvalue weighted by Crippen LogP contribution is 2.31. The molecule has 0 atom stereocenters. The van der Waals surface area contributed by atoms with E-state index in [-0.39, 0.29) is 11.8 Å². The smallest absolute Gasteiger partial charge is 0.271 e. The quantitative estimate of drug-likeness (QED) is 0.246. The number of methoxy groups -OCH3 is 1. The van der Waals surface area contributed by atoms with Gasteiger partial charge in [0.25, 0.3) is 10.9 Å². The zero-order valence-corrected chi connectivity index (χ0v) is 24.3. The Morgan fingerprint density at radius 3 is 2.47 bits per heavy atom. The Balaban J connectivity index is 1.14. The Morgan fingerprint density at radius 1 is 0.956 bits per heavy atom. The van der Waals surface area contributed by atoms with Crippen molar-refractivity contribution < 1.29 is 9.13 Å². The molecule has 0 spiro atoms. The summed E-state index contributed by atoms with van der Waals surface area (Å²) >= 11 is 0. The molecule has 0 saturated carbocycles. The van der Waals surface area contributed by atoms with Crippen LogP contribution in [0.2, 0.25) is 0 Å². The Hall–Kier alpha value is -5.56. The second kappa shape index (κ2) is 11.5. The maximum absolute atomic E-state index is 13.5. The highest BCUT2D eigenvalue weighted by Gasteiger charge is 2.27. The molecule has 0 amide bonds. The first-order valence-corrected chi connectivity index (χ1v) is 14.4. The third kappa shape index (κ3) is 5.27. The van der Waals surface area contributed by atoms with Gasteiger partial charge in [0.05, 0.1) is 30.8 Å². The van der Waals surface area contributed by atoms with Crippen LogP contribution in [0.3, 0.4) is 0 Å². The van der Waals surface area contributed by atoms with Gasteiger partial charge in [0.2, 0.25) is 0 Å². The number of benzene rings is 1. The SMILES string of the molecule is COc1c(NC2CCN(Cc3ccc(-n4c(-c5cccnc5N)nc5ncc(-c6ccc(F)cn6)nc54)cc3)CC2)c(=O)c1=O. The van der Waals surface area contributed by atoms with Gasteiger partial charge in [-0.25, -0.2) is 24.3 Å². The van der Waals surface area contributed by atoms with Crippen molar-refractivity contribution in [2.24, 2.45) is 0 Å². The summed E-state index contributed by atoms with van der Waals surface area (Å²) < 4.78 is 20.5. The van der Waals surface area contributed by atoms with Crippen LogP contribution >= 0.6 is 0 Å². The number of imidazole rings is 1. The molecule has 13 heteroatoms. The third-order valence-corrected chi connectivity index (χ3v) is 8.05. The van der Waals surface area contributed by atoms with Crippen molar-refractivity contribution >= 4 is 22.8 Å². The highest BCUT2D eigenvalue weighted by molar-refractivity contribution is 5.81. The van der Waals surface area contributed by atoms with Crippen LogP contribution in [0.15, 0.2) is 76.7 Å². The molecule has 3 N–H and O–H groups in total. The zero-order valence-electron chi connectivity index (χ0n) is 24.3. The number of hydrogen-bond acceptors (Lipinski definition) is 11. The molecule has 6 aromatic rings. The fraction of sp³-hybridized carbons (Fsp3) is 0.219. The predicted molar refractivity (Wildman–Crippen MR) is 167 cm³/mol. The monoisotopic (exact) mass is 605 g/mol. The predicted octanol–water partition coefficient (Wildman–Crippen LogP) is 3.34. The molecule has 0 bridgehead atoms. The lowest BCUT2D eigenvalue weighted by Crippen LogP contribution is -2.42. The summed E-state index contributed by atoms with van der Waals surface area (Å²) in [6.45, 7) is 2.43. The van der Waals surface area contributed by atoms with E-state index < -0.39 is 16.7 Å². The lowest BCUT2D eigenvalue weighted by atomic mass is 10.0. The lowest BCUT2D eigenvalue weighted by Gasteiger charge is -2.33. The van der Waals surface area contributed by atoms with Crippen LogP contribution < -0.4 is 26.6 Å². The van der Waals surface area contributed by atoms with E-state index in [1.807, 2.05) is 22.8 Å². The van der Waals surface area contributed by atoms with Crippen molar-refractivity contribution in [2.45, 2.75) is 25.4 Å². The lowest BCUT2D eigenvalue weighted by molar-refractivity contribution is 0.211. The summed E-state index contributed by atoms with van der Waals surface area (Å²) in [5.74, 6) is 0.555. The summed E-state index contributed by atoms with van der Waals surface area (Å²) in [4.78, 5) is 48.4. The van der Waals surface area contributed by atoms with E-state index in [1.165, 1.54) is 13.2 Å². The molecule has 1 saturated heterocycles. The van der Waals surface area contributed by atoms with Gasteiger partial charge in [0.1, 0.15) is 23.0 Å². The number of anilines is 2. The van der Waals surface area contributed by atoms with Gasteiger partial charge in [0, 0.05) is 37.6 Å². The first kappa shape index (κ1) is 28.2. The van der Waals surface area contributed by atoms with Gasteiger partial charge in [-0.15, -0.1) is 0 Å². The maximum atomic E-state index is 13.5. The summed E-state index contributed by atoms with van der Waals surface area (Å²) in [7, 11) is 1.40. The molecule has 0 aliphatic carbocycles. The van der Waals surface area contributed by atoms with Gasteiger partial charge < -0.3 is 15.8 Å². The minimum Gasteiger partial charge on any atom is -0.491 e. The van der Waals surface area contributed by atoms with Gasteiger partial charge in [-0.3, -0.25) is 24.0 Å². The van der Waals surface area contributed by atoms with E-state index in [0.717, 1.165) is 49.9 Å². The van der Waals surface area contributed by atoms with Crippen LogP contribution in [-0.2, 0) is 6.54 Å². The standard InChI is InChI=1S/C32H28FN9O3/c1-45-28-25(26(43)27(28)44)38-20-10-13-41(14-11-20)17-18-4-7-21(8-5-18)42-31(22-3-2-12-35-29(22)34)40-30-32(42)39-24(16-37-30)23-9-6-19(33)15-36-23/h2-9,12,15-16,20,38H,10-11,13-14,17H2,1H3,(H2,34,35). The van der Waals surface area contributed by atoms with Gasteiger partial charge >= 0.3 is 0 Å². The van der Waals surface area contributed by atoms with Crippen molar-refractivity contribution in [1.82, 2.24) is 34.4 Å². The van der Waals surface area contributed by atoms with Crippen molar-refractivity contribution in [3.05, 3.63) is 98.9 Å². The Bertz CT molecular complexity index is 2080. The average molecular weight is 606 g/mol. The molecule has 5 heterocycles. The van der Waals surface area contributed by atoms with Gasteiger partial charge in [-0.1, -0.05) is 12.1 Å². The molecule has 1 fully saturated rings. The van der Waals surface area contributed by atoms with Crippen molar-refractivity contribution in [2.75, 3.05) is 31.2 Å². The van der Waals surface area contributed by atoms with E-state index in [4.69, 9.17) is 20.4 Å². The van der Waals surface area contributed by atoms with Crippen molar-refractivity contribution in [3.8, 4) is 34.2 Å². The van der Waals surface area contributed by atoms with Gasteiger partial charge in [0.15, 0.2) is 22.9 Å². The van der Waals surface area contributed by atoms with E-state index >= 15 is 0 Å². The first-order valence-electron chi connectivity index (χ1n) is 14.4. The van der Waals surface area contributed by atoms with E-state index in [0.29, 0.717) is 45.6 Å². The number of likely N-dealkylation sites (tertiary alicyclic amines) is 1. The van der Waals surface area contributed by atoms with E-state index in [9.17, 15) is 14.0 Å². The zero-order chi connectivity index (χ0) is 31.1. The number of halogens is 1. The van der Waals surface area contributed by atoms with Crippen LogP contribution in [-0.4, -0.2) is 60.6 Å². The molecular weight excluding hydrogens is 577 g/mol. The summed E-state index contributed by atoms with van der Waals surface area (Å²) in [5.41, 5.74) is 9.92. The van der Waals surface area contributed by atoms with Crippen molar-refractivity contribution in [3.63, 3.8) is 0 Å². The van der Waals surface area contributed by atoms with E-state index in [2.05, 4.69) is 37.3 Å². The summed E-state index contributed by atoms with van der Waals surface area (Å²) in [6, 6.07) is 14.8. The molecule has 2 aromatic carbocycles. The van der Waals surface area contributed by atoms with Crippen LogP contribution in [0.5, 0.6) is 5.75 Å². The number of piperidine rings is 1. The molecule has 4 aromatic heterocycles.